The average molecular weight is 333 g/mol. The summed E-state index contributed by atoms with van der Waals surface area (Å²) in [6.07, 6.45) is 3.93. The van der Waals surface area contributed by atoms with Crippen LogP contribution in [0.4, 0.5) is 0 Å². The van der Waals surface area contributed by atoms with Crippen LogP contribution in [-0.4, -0.2) is 29.4 Å². The van der Waals surface area contributed by atoms with Crippen molar-refractivity contribution in [2.75, 3.05) is 6.54 Å². The highest BCUT2D eigenvalue weighted by atomic mass is 35.5. The molecule has 1 aromatic heterocycles. The van der Waals surface area contributed by atoms with Crippen LogP contribution >= 0.6 is 23.7 Å². The molecule has 6 nitrogen and oxygen atoms in total. The Labute approximate surface area is 134 Å². The maximum atomic E-state index is 12.1. The molecule has 118 valence electrons. The Morgan fingerprint density at radius 3 is 2.86 bits per heavy atom. The first-order valence-electron chi connectivity index (χ1n) is 6.84. The molecule has 1 saturated carbocycles. The summed E-state index contributed by atoms with van der Waals surface area (Å²) in [5, 5.41) is 5.56. The molecule has 1 aliphatic carbocycles. The van der Waals surface area contributed by atoms with Gasteiger partial charge in [-0.25, -0.2) is 4.98 Å². The van der Waals surface area contributed by atoms with Crippen molar-refractivity contribution in [3.63, 3.8) is 0 Å². The quantitative estimate of drug-likeness (QED) is 0.741. The first-order chi connectivity index (χ1) is 9.60. The van der Waals surface area contributed by atoms with Gasteiger partial charge in [0.25, 0.3) is 5.91 Å². The van der Waals surface area contributed by atoms with Gasteiger partial charge in [-0.1, -0.05) is 6.42 Å². The highest BCUT2D eigenvalue weighted by Crippen LogP contribution is 2.24. The minimum Gasteiger partial charge on any atom is -0.369 e. The normalized spacial score (nSPS) is 21.4. The molecule has 1 aliphatic rings. The zero-order valence-electron chi connectivity index (χ0n) is 11.7. The van der Waals surface area contributed by atoms with E-state index in [1.165, 1.54) is 11.3 Å². The summed E-state index contributed by atoms with van der Waals surface area (Å²) in [4.78, 5) is 27.6. The summed E-state index contributed by atoms with van der Waals surface area (Å²) < 4.78 is 0. The largest absolute Gasteiger partial charge is 0.369 e. The van der Waals surface area contributed by atoms with E-state index in [9.17, 15) is 9.59 Å². The summed E-state index contributed by atoms with van der Waals surface area (Å²) in [5.41, 5.74) is 11.2. The fourth-order valence-electron chi connectivity index (χ4n) is 2.49. The third kappa shape index (κ3) is 4.94. The van der Waals surface area contributed by atoms with Crippen molar-refractivity contribution in [3.05, 3.63) is 16.1 Å². The fraction of sp³-hybridized carbons (Fsp3) is 0.615. The van der Waals surface area contributed by atoms with Gasteiger partial charge in [0, 0.05) is 23.8 Å². The molecule has 2 unspecified atom stereocenters. The van der Waals surface area contributed by atoms with Gasteiger partial charge in [0.2, 0.25) is 5.91 Å². The minimum atomic E-state index is -0.275. The molecule has 2 rings (SSSR count). The van der Waals surface area contributed by atoms with E-state index < -0.39 is 0 Å². The molecule has 0 aliphatic heterocycles. The summed E-state index contributed by atoms with van der Waals surface area (Å²) in [5.74, 6) is -0.584. The molecule has 2 atom stereocenters. The lowest BCUT2D eigenvalue weighted by atomic mass is 9.85. The van der Waals surface area contributed by atoms with Crippen LogP contribution in [0.25, 0.3) is 0 Å². The Morgan fingerprint density at radius 2 is 2.19 bits per heavy atom. The van der Waals surface area contributed by atoms with Gasteiger partial charge in [-0.05, 0) is 25.8 Å². The molecule has 8 heteroatoms. The van der Waals surface area contributed by atoms with Crippen LogP contribution < -0.4 is 16.8 Å². The maximum absolute atomic E-state index is 12.1. The third-order valence-corrected chi connectivity index (χ3v) is 4.46. The monoisotopic (exact) mass is 332 g/mol. The number of nitrogens with one attached hydrogen (secondary N) is 1. The van der Waals surface area contributed by atoms with E-state index >= 15 is 0 Å². The Balaban J connectivity index is 0.00000220. The van der Waals surface area contributed by atoms with Gasteiger partial charge in [0.1, 0.15) is 5.69 Å². The molecule has 0 radical (unpaired) electrons. The van der Waals surface area contributed by atoms with E-state index in [-0.39, 0.29) is 36.2 Å². The topological polar surface area (TPSA) is 111 Å². The molecule has 1 fully saturated rings. The Bertz CT molecular complexity index is 494. The number of rotatable bonds is 5. The molecule has 0 saturated heterocycles. The summed E-state index contributed by atoms with van der Waals surface area (Å²) in [6, 6.07) is 0.00779. The van der Waals surface area contributed by atoms with Gasteiger partial charge in [-0.15, -0.1) is 23.7 Å². The number of aromatic nitrogens is 1. The number of hydrogen-bond acceptors (Lipinski definition) is 5. The third-order valence-electron chi connectivity index (χ3n) is 3.55. The van der Waals surface area contributed by atoms with Gasteiger partial charge in [-0.2, -0.15) is 0 Å². The zero-order valence-corrected chi connectivity index (χ0v) is 13.3. The van der Waals surface area contributed by atoms with Crippen LogP contribution in [0.2, 0.25) is 0 Å². The van der Waals surface area contributed by atoms with Gasteiger partial charge in [0.05, 0.1) is 5.01 Å². The number of nitrogens with two attached hydrogens (primary N) is 2. The minimum absolute atomic E-state index is 0. The zero-order chi connectivity index (χ0) is 14.5. The fourth-order valence-corrected chi connectivity index (χ4v) is 3.29. The van der Waals surface area contributed by atoms with Gasteiger partial charge < -0.3 is 16.8 Å². The molecule has 5 N–H and O–H groups in total. The lowest BCUT2D eigenvalue weighted by Crippen LogP contribution is -2.41. The van der Waals surface area contributed by atoms with Gasteiger partial charge >= 0.3 is 0 Å². The molecule has 1 heterocycles. The maximum Gasteiger partial charge on any atom is 0.270 e. The summed E-state index contributed by atoms with van der Waals surface area (Å²) in [7, 11) is 0. The van der Waals surface area contributed by atoms with Crippen molar-refractivity contribution in [1.82, 2.24) is 10.3 Å². The van der Waals surface area contributed by atoms with Crippen molar-refractivity contribution < 1.29 is 9.59 Å². The number of carbonyl (C=O) groups is 2. The SMILES string of the molecule is Cl.NCCc1nc(C(=O)NC2CCCC(C(N)=O)C2)cs1. The number of primary amides is 1. The van der Waals surface area contributed by atoms with Gasteiger partial charge in [-0.3, -0.25) is 9.59 Å². The highest BCUT2D eigenvalue weighted by Gasteiger charge is 2.27. The lowest BCUT2D eigenvalue weighted by molar-refractivity contribution is -0.122. The van der Waals surface area contributed by atoms with E-state index in [0.29, 0.717) is 25.1 Å². The van der Waals surface area contributed by atoms with Crippen LogP contribution in [0.3, 0.4) is 0 Å². The van der Waals surface area contributed by atoms with Crippen molar-refractivity contribution in [1.29, 1.82) is 0 Å². The van der Waals surface area contributed by atoms with E-state index in [2.05, 4.69) is 10.3 Å². The first-order valence-corrected chi connectivity index (χ1v) is 7.72. The van der Waals surface area contributed by atoms with Crippen molar-refractivity contribution in [2.24, 2.45) is 17.4 Å². The number of amides is 2. The van der Waals surface area contributed by atoms with Crippen LogP contribution in [0.5, 0.6) is 0 Å². The lowest BCUT2D eigenvalue weighted by Gasteiger charge is -2.27. The predicted molar refractivity (Wildman–Crippen MR) is 84.5 cm³/mol. The summed E-state index contributed by atoms with van der Waals surface area (Å²) >= 11 is 1.44. The predicted octanol–water partition coefficient (Wildman–Crippen LogP) is 0.840. The molecule has 2 amide bonds. The average Bonchev–Trinajstić information content (AvgIpc) is 2.88. The second kappa shape index (κ2) is 8.31. The number of carbonyl (C=O) groups excluding carboxylic acids is 2. The van der Waals surface area contributed by atoms with Crippen LogP contribution in [0.15, 0.2) is 5.38 Å². The number of halogens is 1. The number of nitrogens with zero attached hydrogens (tertiary/aromatic N) is 1. The Kier molecular flexibility index (Phi) is 7.07. The van der Waals surface area contributed by atoms with E-state index in [1.54, 1.807) is 5.38 Å². The molecular formula is C13H21ClN4O2S. The first kappa shape index (κ1) is 17.9. The van der Waals surface area contributed by atoms with E-state index in [0.717, 1.165) is 24.3 Å². The molecule has 1 aromatic rings. The second-order valence-corrected chi connectivity index (χ2v) is 6.04. The second-order valence-electron chi connectivity index (χ2n) is 5.10. The van der Waals surface area contributed by atoms with E-state index in [1.807, 2.05) is 0 Å². The number of hydrogen-bond donors (Lipinski definition) is 3. The van der Waals surface area contributed by atoms with Crippen molar-refractivity contribution in [2.45, 2.75) is 38.1 Å². The number of thiazole rings is 1. The standard InChI is InChI=1S/C13H20N4O2S.ClH/c14-5-4-11-17-10(7-20-11)13(19)16-9-3-1-2-8(6-9)12(15)18;/h7-9H,1-6,14H2,(H2,15,18)(H,16,19);1H. The van der Waals surface area contributed by atoms with Crippen molar-refractivity contribution in [3.8, 4) is 0 Å². The molecule has 0 spiro atoms. The molecule has 21 heavy (non-hydrogen) atoms. The van der Waals surface area contributed by atoms with Crippen LogP contribution in [0.1, 0.15) is 41.2 Å². The van der Waals surface area contributed by atoms with E-state index in [4.69, 9.17) is 11.5 Å². The van der Waals surface area contributed by atoms with Crippen LogP contribution in [-0.2, 0) is 11.2 Å². The summed E-state index contributed by atoms with van der Waals surface area (Å²) in [6.45, 7) is 0.525. The highest BCUT2D eigenvalue weighted by molar-refractivity contribution is 7.09. The van der Waals surface area contributed by atoms with Crippen LogP contribution in [0, 0.1) is 5.92 Å². The molecule has 0 bridgehead atoms. The smallest absolute Gasteiger partial charge is 0.270 e. The van der Waals surface area contributed by atoms with Crippen molar-refractivity contribution >= 4 is 35.6 Å². The molecular weight excluding hydrogens is 312 g/mol. The Morgan fingerprint density at radius 1 is 1.43 bits per heavy atom. The molecule has 0 aromatic carbocycles. The Hall–Kier alpha value is -1.18. The van der Waals surface area contributed by atoms with Gasteiger partial charge in [0.15, 0.2) is 0 Å².